The van der Waals surface area contributed by atoms with Crippen molar-refractivity contribution in [1.82, 2.24) is 4.90 Å². The summed E-state index contributed by atoms with van der Waals surface area (Å²) < 4.78 is 20.7. The quantitative estimate of drug-likeness (QED) is 0.620. The second-order valence-electron chi connectivity index (χ2n) is 3.52. The molecule has 0 N–H and O–H groups in total. The fraction of sp³-hybridized carbons (Fsp3) is 0.900. The maximum atomic E-state index is 11.3. The molecule has 0 saturated carbocycles. The van der Waals surface area contributed by atoms with E-state index in [0.717, 1.165) is 6.42 Å². The Morgan fingerprint density at radius 3 is 2.12 bits per heavy atom. The average Bonchev–Trinajstić information content (AvgIpc) is 2.35. The lowest BCUT2D eigenvalue weighted by molar-refractivity contribution is 0.110. The smallest absolute Gasteiger partial charge is 0.450 e. The Morgan fingerprint density at radius 2 is 1.71 bits per heavy atom. The molecule has 0 aliphatic carbocycles. The van der Waals surface area contributed by atoms with E-state index in [0.29, 0.717) is 19.2 Å². The number of hydrogen-bond donors (Lipinski definition) is 0. The van der Waals surface area contributed by atoms with Crippen molar-refractivity contribution < 1.29 is 22.8 Å². The van der Waals surface area contributed by atoms with E-state index in [1.54, 1.807) is 35.3 Å². The van der Waals surface area contributed by atoms with Crippen LogP contribution < -0.4 is 0 Å². The van der Waals surface area contributed by atoms with Crippen molar-refractivity contribution in [3.05, 3.63) is 0 Å². The van der Waals surface area contributed by atoms with Crippen LogP contribution in [0.2, 0.25) is 6.04 Å². The number of hydrogen-bond acceptors (Lipinski definition) is 5. The maximum absolute atomic E-state index is 11.3. The number of nitrogens with zero attached hydrogens (tertiary/aromatic N) is 1. The lowest BCUT2D eigenvalue weighted by Gasteiger charge is -2.25. The molecule has 1 amide bonds. The molecule has 6 nitrogen and oxygen atoms in total. The SMILES string of the molecule is CCOC(=O)N(C)CCC[Si](OC)(OC)OC. The molecule has 0 aromatic carbocycles. The molecule has 17 heavy (non-hydrogen) atoms. The highest BCUT2D eigenvalue weighted by Crippen LogP contribution is 2.15. The Bertz CT molecular complexity index is 214. The van der Waals surface area contributed by atoms with Crippen molar-refractivity contribution in [2.75, 3.05) is 41.5 Å². The molecule has 0 bridgehead atoms. The summed E-state index contributed by atoms with van der Waals surface area (Å²) in [7, 11) is 3.92. The van der Waals surface area contributed by atoms with Gasteiger partial charge in [-0.2, -0.15) is 0 Å². The minimum Gasteiger partial charge on any atom is -0.450 e. The molecule has 0 aromatic heterocycles. The van der Waals surface area contributed by atoms with Gasteiger partial charge in [0.15, 0.2) is 0 Å². The first-order valence-electron chi connectivity index (χ1n) is 5.58. The summed E-state index contributed by atoms with van der Waals surface area (Å²) in [6, 6.07) is 0.667. The van der Waals surface area contributed by atoms with Gasteiger partial charge in [-0.25, -0.2) is 4.79 Å². The van der Waals surface area contributed by atoms with Crippen LogP contribution in [0.15, 0.2) is 0 Å². The third-order valence-electron chi connectivity index (χ3n) is 2.49. The number of carbonyl (C=O) groups is 1. The largest absolute Gasteiger partial charge is 0.500 e. The Morgan fingerprint density at radius 1 is 1.18 bits per heavy atom. The van der Waals surface area contributed by atoms with Crippen LogP contribution in [0.25, 0.3) is 0 Å². The molecule has 0 saturated heterocycles. The predicted molar refractivity (Wildman–Crippen MR) is 65.9 cm³/mol. The summed E-state index contributed by atoms with van der Waals surface area (Å²) in [5.74, 6) is 0. The Kier molecular flexibility index (Phi) is 8.14. The fourth-order valence-electron chi connectivity index (χ4n) is 1.41. The number of ether oxygens (including phenoxy) is 1. The van der Waals surface area contributed by atoms with Crippen molar-refractivity contribution >= 4 is 14.9 Å². The van der Waals surface area contributed by atoms with Crippen LogP contribution in [0.4, 0.5) is 4.79 Å². The standard InChI is InChI=1S/C10H23NO5Si/c1-6-16-10(12)11(2)8-7-9-17(13-3,14-4)15-5/h6-9H2,1-5H3. The number of amides is 1. The van der Waals surface area contributed by atoms with Gasteiger partial charge in [0.1, 0.15) is 0 Å². The third kappa shape index (κ3) is 5.49. The van der Waals surface area contributed by atoms with Gasteiger partial charge in [-0.05, 0) is 13.3 Å². The van der Waals surface area contributed by atoms with E-state index in [1.165, 1.54) is 4.90 Å². The second kappa shape index (κ2) is 8.46. The van der Waals surface area contributed by atoms with Crippen LogP contribution in [0.1, 0.15) is 13.3 Å². The summed E-state index contributed by atoms with van der Waals surface area (Å²) in [5, 5.41) is 0. The molecule has 0 radical (unpaired) electrons. The first-order valence-corrected chi connectivity index (χ1v) is 7.51. The summed E-state index contributed by atoms with van der Waals surface area (Å²) in [4.78, 5) is 12.9. The van der Waals surface area contributed by atoms with Gasteiger partial charge >= 0.3 is 14.9 Å². The van der Waals surface area contributed by atoms with Gasteiger partial charge in [-0.15, -0.1) is 0 Å². The molecule has 102 valence electrons. The second-order valence-corrected chi connectivity index (χ2v) is 6.61. The molecule has 0 spiro atoms. The van der Waals surface area contributed by atoms with Gasteiger partial charge in [0.2, 0.25) is 0 Å². The molecule has 0 atom stereocenters. The van der Waals surface area contributed by atoms with Crippen LogP contribution in [0.3, 0.4) is 0 Å². The number of rotatable bonds is 8. The zero-order chi connectivity index (χ0) is 13.3. The van der Waals surface area contributed by atoms with Crippen molar-refractivity contribution in [1.29, 1.82) is 0 Å². The van der Waals surface area contributed by atoms with Crippen LogP contribution in [0, 0.1) is 0 Å². The Labute approximate surface area is 104 Å². The van der Waals surface area contributed by atoms with E-state index < -0.39 is 8.80 Å². The molecule has 0 unspecified atom stereocenters. The van der Waals surface area contributed by atoms with Crippen LogP contribution >= 0.6 is 0 Å². The normalized spacial score (nSPS) is 11.4. The van der Waals surface area contributed by atoms with Gasteiger partial charge in [0, 0.05) is 41.0 Å². The van der Waals surface area contributed by atoms with Crippen molar-refractivity contribution in [3.63, 3.8) is 0 Å². The van der Waals surface area contributed by atoms with Gasteiger partial charge in [0.25, 0.3) is 0 Å². The summed E-state index contributed by atoms with van der Waals surface area (Å²) in [6.45, 7) is 2.75. The molecule has 0 heterocycles. The highest BCUT2D eigenvalue weighted by atomic mass is 28.4. The minimum atomic E-state index is -2.52. The van der Waals surface area contributed by atoms with Crippen LogP contribution in [-0.4, -0.2) is 61.3 Å². The fourth-order valence-corrected chi connectivity index (χ4v) is 3.12. The third-order valence-corrected chi connectivity index (χ3v) is 5.32. The van der Waals surface area contributed by atoms with Gasteiger partial charge in [-0.3, -0.25) is 0 Å². The van der Waals surface area contributed by atoms with E-state index in [9.17, 15) is 4.79 Å². The van der Waals surface area contributed by atoms with Crippen LogP contribution in [-0.2, 0) is 18.0 Å². The predicted octanol–water partition coefficient (Wildman–Crippen LogP) is 1.34. The maximum Gasteiger partial charge on any atom is 0.500 e. The number of carbonyl (C=O) groups excluding carboxylic acids is 1. The Hall–Kier alpha value is -0.633. The van der Waals surface area contributed by atoms with Crippen molar-refractivity contribution in [2.45, 2.75) is 19.4 Å². The average molecular weight is 265 g/mol. The summed E-state index contributed by atoms with van der Waals surface area (Å²) in [5.41, 5.74) is 0. The lowest BCUT2D eigenvalue weighted by atomic mass is 10.4. The summed E-state index contributed by atoms with van der Waals surface area (Å²) >= 11 is 0. The monoisotopic (exact) mass is 265 g/mol. The molecule has 0 aliphatic heterocycles. The molecule has 7 heteroatoms. The molecular weight excluding hydrogens is 242 g/mol. The zero-order valence-electron chi connectivity index (χ0n) is 11.3. The highest BCUT2D eigenvalue weighted by Gasteiger charge is 2.37. The molecule has 0 aliphatic rings. The molecule has 0 rings (SSSR count). The van der Waals surface area contributed by atoms with E-state index in [2.05, 4.69) is 0 Å². The topological polar surface area (TPSA) is 57.2 Å². The summed E-state index contributed by atoms with van der Waals surface area (Å²) in [6.07, 6.45) is 0.434. The minimum absolute atomic E-state index is 0.313. The first-order chi connectivity index (χ1) is 8.05. The first kappa shape index (κ1) is 16.4. The van der Waals surface area contributed by atoms with E-state index in [1.807, 2.05) is 0 Å². The lowest BCUT2D eigenvalue weighted by Crippen LogP contribution is -2.43. The highest BCUT2D eigenvalue weighted by molar-refractivity contribution is 6.60. The van der Waals surface area contributed by atoms with E-state index >= 15 is 0 Å². The van der Waals surface area contributed by atoms with E-state index in [4.69, 9.17) is 18.0 Å². The van der Waals surface area contributed by atoms with Gasteiger partial charge in [-0.1, -0.05) is 0 Å². The van der Waals surface area contributed by atoms with Crippen molar-refractivity contribution in [3.8, 4) is 0 Å². The van der Waals surface area contributed by atoms with Gasteiger partial charge < -0.3 is 22.9 Å². The van der Waals surface area contributed by atoms with Crippen LogP contribution in [0.5, 0.6) is 0 Å². The zero-order valence-corrected chi connectivity index (χ0v) is 12.3. The van der Waals surface area contributed by atoms with Gasteiger partial charge in [0.05, 0.1) is 6.61 Å². The Balaban J connectivity index is 4.00. The molecule has 0 fully saturated rings. The van der Waals surface area contributed by atoms with Crippen molar-refractivity contribution in [2.24, 2.45) is 0 Å². The molecular formula is C10H23NO5Si. The molecule has 0 aromatic rings. The van der Waals surface area contributed by atoms with E-state index in [-0.39, 0.29) is 6.09 Å².